The number of likely N-dealkylation sites (N-methyl/N-ethyl adjacent to an activating group) is 1. The SMILES string of the molecule is CCNCCc1ccccc1CN(C)C1CCCC(C)C1. The van der Waals surface area contributed by atoms with Crippen molar-refractivity contribution in [3.8, 4) is 0 Å². The third kappa shape index (κ3) is 5.12. The zero-order chi connectivity index (χ0) is 15.1. The first-order chi connectivity index (χ1) is 10.2. The first-order valence-electron chi connectivity index (χ1n) is 8.68. The lowest BCUT2D eigenvalue weighted by Gasteiger charge is -2.34. The van der Waals surface area contributed by atoms with Crippen LogP contribution in [0.25, 0.3) is 0 Å². The number of nitrogens with one attached hydrogen (secondary N) is 1. The van der Waals surface area contributed by atoms with Crippen molar-refractivity contribution in [1.82, 2.24) is 10.2 Å². The summed E-state index contributed by atoms with van der Waals surface area (Å²) in [5, 5.41) is 3.43. The first kappa shape index (κ1) is 16.5. The molecule has 1 aromatic rings. The maximum absolute atomic E-state index is 3.43. The lowest BCUT2D eigenvalue weighted by atomic mass is 9.86. The Morgan fingerprint density at radius 3 is 2.67 bits per heavy atom. The molecule has 0 saturated heterocycles. The van der Waals surface area contributed by atoms with Crippen LogP contribution in [-0.2, 0) is 13.0 Å². The predicted molar refractivity (Wildman–Crippen MR) is 91.6 cm³/mol. The van der Waals surface area contributed by atoms with Crippen LogP contribution in [0.1, 0.15) is 50.7 Å². The van der Waals surface area contributed by atoms with Crippen LogP contribution < -0.4 is 5.32 Å². The molecule has 1 aliphatic carbocycles. The Hall–Kier alpha value is -0.860. The Morgan fingerprint density at radius 1 is 1.19 bits per heavy atom. The number of benzene rings is 1. The van der Waals surface area contributed by atoms with Gasteiger partial charge in [0.15, 0.2) is 0 Å². The molecule has 0 aliphatic heterocycles. The van der Waals surface area contributed by atoms with Crippen LogP contribution in [0.2, 0.25) is 0 Å². The van der Waals surface area contributed by atoms with Crippen molar-refractivity contribution in [2.45, 2.75) is 58.5 Å². The third-order valence-corrected chi connectivity index (χ3v) is 4.89. The van der Waals surface area contributed by atoms with Gasteiger partial charge >= 0.3 is 0 Å². The highest BCUT2D eigenvalue weighted by Gasteiger charge is 2.22. The monoisotopic (exact) mass is 288 g/mol. The molecule has 0 heterocycles. The highest BCUT2D eigenvalue weighted by atomic mass is 15.1. The molecule has 2 nitrogen and oxygen atoms in total. The number of nitrogens with zero attached hydrogens (tertiary/aromatic N) is 1. The van der Waals surface area contributed by atoms with Gasteiger partial charge in [0.05, 0.1) is 0 Å². The number of rotatable bonds is 7. The zero-order valence-corrected chi connectivity index (χ0v) is 14.1. The molecule has 2 rings (SSSR count). The molecule has 2 atom stereocenters. The summed E-state index contributed by atoms with van der Waals surface area (Å²) in [6.07, 6.45) is 6.71. The van der Waals surface area contributed by atoms with Crippen molar-refractivity contribution >= 4 is 0 Å². The van der Waals surface area contributed by atoms with Crippen molar-refractivity contribution in [2.24, 2.45) is 5.92 Å². The highest BCUT2D eigenvalue weighted by molar-refractivity contribution is 5.27. The van der Waals surface area contributed by atoms with Gasteiger partial charge in [0, 0.05) is 12.6 Å². The van der Waals surface area contributed by atoms with Gasteiger partial charge in [-0.1, -0.05) is 51.0 Å². The zero-order valence-electron chi connectivity index (χ0n) is 14.1. The quantitative estimate of drug-likeness (QED) is 0.767. The molecule has 21 heavy (non-hydrogen) atoms. The van der Waals surface area contributed by atoms with Gasteiger partial charge in [-0.2, -0.15) is 0 Å². The van der Waals surface area contributed by atoms with E-state index in [0.717, 1.165) is 38.0 Å². The Bertz CT molecular complexity index is 416. The van der Waals surface area contributed by atoms with Gasteiger partial charge in [-0.05, 0) is 56.4 Å². The molecule has 1 saturated carbocycles. The van der Waals surface area contributed by atoms with Crippen molar-refractivity contribution < 1.29 is 0 Å². The topological polar surface area (TPSA) is 15.3 Å². The van der Waals surface area contributed by atoms with Crippen LogP contribution in [0.5, 0.6) is 0 Å². The van der Waals surface area contributed by atoms with Gasteiger partial charge < -0.3 is 5.32 Å². The molecule has 0 amide bonds. The number of hydrogen-bond donors (Lipinski definition) is 1. The van der Waals surface area contributed by atoms with E-state index in [1.54, 1.807) is 0 Å². The summed E-state index contributed by atoms with van der Waals surface area (Å²) in [5.74, 6) is 0.898. The summed E-state index contributed by atoms with van der Waals surface area (Å²) >= 11 is 0. The van der Waals surface area contributed by atoms with Gasteiger partial charge in [0.1, 0.15) is 0 Å². The van der Waals surface area contributed by atoms with Crippen LogP contribution in [0.4, 0.5) is 0 Å². The van der Waals surface area contributed by atoms with Gasteiger partial charge in [0.2, 0.25) is 0 Å². The summed E-state index contributed by atoms with van der Waals surface area (Å²) in [6, 6.07) is 9.74. The van der Waals surface area contributed by atoms with Crippen LogP contribution in [-0.4, -0.2) is 31.1 Å². The summed E-state index contributed by atoms with van der Waals surface area (Å²) in [4.78, 5) is 2.59. The molecule has 1 fully saturated rings. The van der Waals surface area contributed by atoms with Crippen LogP contribution >= 0.6 is 0 Å². The average Bonchev–Trinajstić information content (AvgIpc) is 2.49. The van der Waals surface area contributed by atoms with E-state index in [2.05, 4.69) is 55.4 Å². The van der Waals surface area contributed by atoms with E-state index in [1.807, 2.05) is 0 Å². The summed E-state index contributed by atoms with van der Waals surface area (Å²) in [5.41, 5.74) is 3.02. The molecule has 0 aromatic heterocycles. The van der Waals surface area contributed by atoms with Crippen molar-refractivity contribution in [1.29, 1.82) is 0 Å². The summed E-state index contributed by atoms with van der Waals surface area (Å²) in [6.45, 7) is 7.81. The third-order valence-electron chi connectivity index (χ3n) is 4.89. The standard InChI is InChI=1S/C19H32N2/c1-4-20-13-12-17-9-5-6-10-18(17)15-21(3)19-11-7-8-16(2)14-19/h5-6,9-10,16,19-20H,4,7-8,11-15H2,1-3H3. The van der Waals surface area contributed by atoms with Gasteiger partial charge in [-0.15, -0.1) is 0 Å². The molecule has 1 aromatic carbocycles. The maximum atomic E-state index is 3.43. The lowest BCUT2D eigenvalue weighted by molar-refractivity contribution is 0.157. The first-order valence-corrected chi connectivity index (χ1v) is 8.68. The van der Waals surface area contributed by atoms with Crippen LogP contribution in [0.15, 0.2) is 24.3 Å². The maximum Gasteiger partial charge on any atom is 0.0236 e. The largest absolute Gasteiger partial charge is 0.317 e. The normalized spacial score (nSPS) is 22.7. The summed E-state index contributed by atoms with van der Waals surface area (Å²) < 4.78 is 0. The Balaban J connectivity index is 1.94. The second kappa shape index (κ2) is 8.55. The molecule has 118 valence electrons. The van der Waals surface area contributed by atoms with Crippen molar-refractivity contribution in [3.63, 3.8) is 0 Å². The van der Waals surface area contributed by atoms with E-state index in [9.17, 15) is 0 Å². The van der Waals surface area contributed by atoms with Crippen molar-refractivity contribution in [3.05, 3.63) is 35.4 Å². The molecule has 1 N–H and O–H groups in total. The van der Waals surface area contributed by atoms with Crippen LogP contribution in [0, 0.1) is 5.92 Å². The minimum atomic E-state index is 0.774. The van der Waals surface area contributed by atoms with Crippen molar-refractivity contribution in [2.75, 3.05) is 20.1 Å². The Kier molecular flexibility index (Phi) is 6.72. The van der Waals surface area contributed by atoms with E-state index >= 15 is 0 Å². The fraction of sp³-hybridized carbons (Fsp3) is 0.684. The lowest BCUT2D eigenvalue weighted by Crippen LogP contribution is -2.35. The fourth-order valence-corrected chi connectivity index (χ4v) is 3.56. The molecule has 0 bridgehead atoms. The molecule has 0 spiro atoms. The van der Waals surface area contributed by atoms with E-state index in [1.165, 1.54) is 36.8 Å². The van der Waals surface area contributed by atoms with Gasteiger partial charge in [0.25, 0.3) is 0 Å². The fourth-order valence-electron chi connectivity index (χ4n) is 3.56. The highest BCUT2D eigenvalue weighted by Crippen LogP contribution is 2.27. The van der Waals surface area contributed by atoms with Gasteiger partial charge in [-0.25, -0.2) is 0 Å². The molecular formula is C19H32N2. The van der Waals surface area contributed by atoms with E-state index in [0.29, 0.717) is 0 Å². The minimum Gasteiger partial charge on any atom is -0.317 e. The van der Waals surface area contributed by atoms with Gasteiger partial charge in [-0.3, -0.25) is 4.90 Å². The average molecular weight is 288 g/mol. The molecule has 2 heteroatoms. The second-order valence-electron chi connectivity index (χ2n) is 6.71. The predicted octanol–water partition coefficient (Wildman–Crippen LogP) is 3.85. The van der Waals surface area contributed by atoms with E-state index in [4.69, 9.17) is 0 Å². The molecule has 0 radical (unpaired) electrons. The van der Waals surface area contributed by atoms with Crippen LogP contribution in [0.3, 0.4) is 0 Å². The summed E-state index contributed by atoms with van der Waals surface area (Å²) in [7, 11) is 2.31. The second-order valence-corrected chi connectivity index (χ2v) is 6.71. The molecule has 2 unspecified atom stereocenters. The molecular weight excluding hydrogens is 256 g/mol. The minimum absolute atomic E-state index is 0.774. The smallest absolute Gasteiger partial charge is 0.0236 e. The van der Waals surface area contributed by atoms with E-state index < -0.39 is 0 Å². The van der Waals surface area contributed by atoms with E-state index in [-0.39, 0.29) is 0 Å². The number of hydrogen-bond acceptors (Lipinski definition) is 2. The Labute approximate surface area is 130 Å². The Morgan fingerprint density at radius 2 is 1.95 bits per heavy atom. The molecule has 1 aliphatic rings.